The molecule has 1 heterocycles. The highest BCUT2D eigenvalue weighted by atomic mass is 32.1. The van der Waals surface area contributed by atoms with Crippen molar-refractivity contribution in [1.82, 2.24) is 4.98 Å². The van der Waals surface area contributed by atoms with Gasteiger partial charge < -0.3 is 0 Å². The van der Waals surface area contributed by atoms with Crippen molar-refractivity contribution in [2.75, 3.05) is 5.75 Å². The fourth-order valence-electron chi connectivity index (χ4n) is 1.42. The standard InChI is InChI=1S/C11H9NOS/c13-11(7-14)9-5-6-12-10-4-2-1-3-8(9)10/h1-6,14H,7H2. The van der Waals surface area contributed by atoms with Crippen LogP contribution in [0.1, 0.15) is 10.4 Å². The number of thiol groups is 1. The van der Waals surface area contributed by atoms with Gasteiger partial charge in [0.25, 0.3) is 0 Å². The van der Waals surface area contributed by atoms with Crippen molar-refractivity contribution >= 4 is 29.3 Å². The number of ketones is 1. The predicted octanol–water partition coefficient (Wildman–Crippen LogP) is 2.35. The molecule has 2 nitrogen and oxygen atoms in total. The normalized spacial score (nSPS) is 10.4. The first-order valence-corrected chi connectivity index (χ1v) is 4.94. The molecule has 2 aromatic rings. The summed E-state index contributed by atoms with van der Waals surface area (Å²) in [5.41, 5.74) is 1.55. The number of Topliss-reactive ketones (excluding diaryl/α,β-unsaturated/α-hetero) is 1. The Morgan fingerprint density at radius 1 is 1.29 bits per heavy atom. The van der Waals surface area contributed by atoms with E-state index >= 15 is 0 Å². The van der Waals surface area contributed by atoms with Gasteiger partial charge in [0, 0.05) is 17.1 Å². The van der Waals surface area contributed by atoms with Gasteiger partial charge >= 0.3 is 0 Å². The van der Waals surface area contributed by atoms with E-state index in [0.717, 1.165) is 10.9 Å². The molecule has 0 saturated heterocycles. The van der Waals surface area contributed by atoms with Crippen LogP contribution in [-0.4, -0.2) is 16.5 Å². The van der Waals surface area contributed by atoms with E-state index in [0.29, 0.717) is 5.56 Å². The summed E-state index contributed by atoms with van der Waals surface area (Å²) in [6, 6.07) is 9.34. The molecule has 0 unspecified atom stereocenters. The molecule has 1 aromatic heterocycles. The summed E-state index contributed by atoms with van der Waals surface area (Å²) in [5, 5.41) is 0.897. The Hall–Kier alpha value is -1.35. The van der Waals surface area contributed by atoms with Gasteiger partial charge in [0.2, 0.25) is 0 Å². The summed E-state index contributed by atoms with van der Waals surface area (Å²) in [7, 11) is 0. The van der Waals surface area contributed by atoms with Crippen LogP contribution in [0.5, 0.6) is 0 Å². The third-order valence-electron chi connectivity index (χ3n) is 2.09. The van der Waals surface area contributed by atoms with E-state index in [9.17, 15) is 4.79 Å². The molecule has 0 N–H and O–H groups in total. The molecule has 0 amide bonds. The number of carbonyl (C=O) groups is 1. The molecule has 1 aromatic carbocycles. The molecule has 0 atom stereocenters. The van der Waals surface area contributed by atoms with E-state index in [1.54, 1.807) is 12.3 Å². The predicted molar refractivity (Wildman–Crippen MR) is 59.9 cm³/mol. The van der Waals surface area contributed by atoms with Crippen LogP contribution >= 0.6 is 12.6 Å². The molecule has 0 aliphatic rings. The van der Waals surface area contributed by atoms with Crippen LogP contribution < -0.4 is 0 Å². The smallest absolute Gasteiger partial charge is 0.173 e. The number of aromatic nitrogens is 1. The van der Waals surface area contributed by atoms with Crippen molar-refractivity contribution in [2.24, 2.45) is 0 Å². The van der Waals surface area contributed by atoms with Gasteiger partial charge in [-0.05, 0) is 12.1 Å². The Bertz CT molecular complexity index is 476. The summed E-state index contributed by atoms with van der Waals surface area (Å²) < 4.78 is 0. The summed E-state index contributed by atoms with van der Waals surface area (Å²) in [4.78, 5) is 15.7. The SMILES string of the molecule is O=C(CS)c1ccnc2ccccc12. The highest BCUT2D eigenvalue weighted by molar-refractivity contribution is 7.81. The molecular formula is C11H9NOS. The van der Waals surface area contributed by atoms with Gasteiger partial charge in [-0.1, -0.05) is 18.2 Å². The zero-order valence-corrected chi connectivity index (χ0v) is 8.37. The molecular weight excluding hydrogens is 194 g/mol. The van der Waals surface area contributed by atoms with Gasteiger partial charge in [-0.15, -0.1) is 0 Å². The van der Waals surface area contributed by atoms with Crippen LogP contribution in [0.15, 0.2) is 36.5 Å². The number of hydrogen-bond donors (Lipinski definition) is 1. The molecule has 0 aliphatic carbocycles. The number of benzene rings is 1. The average Bonchev–Trinajstić information content (AvgIpc) is 2.27. The van der Waals surface area contributed by atoms with Crippen LogP contribution in [0, 0.1) is 0 Å². The summed E-state index contributed by atoms with van der Waals surface area (Å²) in [6.45, 7) is 0. The topological polar surface area (TPSA) is 30.0 Å². The minimum Gasteiger partial charge on any atom is -0.293 e. The van der Waals surface area contributed by atoms with E-state index in [2.05, 4.69) is 17.6 Å². The van der Waals surface area contributed by atoms with Crippen molar-refractivity contribution in [1.29, 1.82) is 0 Å². The van der Waals surface area contributed by atoms with Gasteiger partial charge in [-0.2, -0.15) is 12.6 Å². The lowest BCUT2D eigenvalue weighted by Crippen LogP contribution is -2.01. The quantitative estimate of drug-likeness (QED) is 0.599. The largest absolute Gasteiger partial charge is 0.293 e. The lowest BCUT2D eigenvalue weighted by atomic mass is 10.1. The first-order chi connectivity index (χ1) is 6.83. The van der Waals surface area contributed by atoms with E-state index < -0.39 is 0 Å². The second-order valence-corrected chi connectivity index (χ2v) is 3.27. The van der Waals surface area contributed by atoms with E-state index in [1.807, 2.05) is 24.3 Å². The van der Waals surface area contributed by atoms with Crippen molar-refractivity contribution in [3.05, 3.63) is 42.1 Å². The Balaban J connectivity index is 2.71. The maximum Gasteiger partial charge on any atom is 0.173 e. The lowest BCUT2D eigenvalue weighted by molar-refractivity contribution is 0.102. The van der Waals surface area contributed by atoms with Crippen molar-refractivity contribution < 1.29 is 4.79 Å². The maximum absolute atomic E-state index is 11.5. The minimum atomic E-state index is 0.0342. The summed E-state index contributed by atoms with van der Waals surface area (Å²) in [6.07, 6.45) is 1.65. The highest BCUT2D eigenvalue weighted by Crippen LogP contribution is 2.16. The van der Waals surface area contributed by atoms with Crippen LogP contribution in [0.25, 0.3) is 10.9 Å². The second kappa shape index (κ2) is 3.80. The Morgan fingerprint density at radius 3 is 2.86 bits per heavy atom. The van der Waals surface area contributed by atoms with Crippen molar-refractivity contribution in [3.63, 3.8) is 0 Å². The molecule has 2 rings (SSSR count). The number of rotatable bonds is 2. The van der Waals surface area contributed by atoms with Gasteiger partial charge in [0.15, 0.2) is 5.78 Å². The minimum absolute atomic E-state index is 0.0342. The lowest BCUT2D eigenvalue weighted by Gasteiger charge is -2.02. The van der Waals surface area contributed by atoms with Crippen molar-refractivity contribution in [3.8, 4) is 0 Å². The molecule has 14 heavy (non-hydrogen) atoms. The Kier molecular flexibility index (Phi) is 2.50. The zero-order valence-electron chi connectivity index (χ0n) is 7.47. The van der Waals surface area contributed by atoms with Gasteiger partial charge in [0.1, 0.15) is 0 Å². The number of fused-ring (bicyclic) bond motifs is 1. The number of nitrogens with zero attached hydrogens (tertiary/aromatic N) is 1. The molecule has 0 aliphatic heterocycles. The van der Waals surface area contributed by atoms with E-state index in [4.69, 9.17) is 0 Å². The van der Waals surface area contributed by atoms with Crippen LogP contribution in [0.3, 0.4) is 0 Å². The molecule has 3 heteroatoms. The Morgan fingerprint density at radius 2 is 2.07 bits per heavy atom. The van der Waals surface area contributed by atoms with Crippen molar-refractivity contribution in [2.45, 2.75) is 0 Å². The van der Waals surface area contributed by atoms with Gasteiger partial charge in [-0.3, -0.25) is 9.78 Å². The molecule has 70 valence electrons. The fraction of sp³-hybridized carbons (Fsp3) is 0.0909. The van der Waals surface area contributed by atoms with Gasteiger partial charge in [0.05, 0.1) is 11.3 Å². The zero-order chi connectivity index (χ0) is 9.97. The highest BCUT2D eigenvalue weighted by Gasteiger charge is 2.07. The van der Waals surface area contributed by atoms with Gasteiger partial charge in [-0.25, -0.2) is 0 Å². The fourth-order valence-corrected chi connectivity index (χ4v) is 1.59. The number of pyridine rings is 1. The summed E-state index contributed by atoms with van der Waals surface area (Å²) >= 11 is 3.98. The van der Waals surface area contributed by atoms with Crippen LogP contribution in [-0.2, 0) is 0 Å². The maximum atomic E-state index is 11.5. The molecule has 0 fully saturated rings. The van der Waals surface area contributed by atoms with Crippen LogP contribution in [0.2, 0.25) is 0 Å². The van der Waals surface area contributed by atoms with E-state index in [1.165, 1.54) is 0 Å². The number of carbonyl (C=O) groups excluding carboxylic acids is 1. The average molecular weight is 203 g/mol. The molecule has 0 radical (unpaired) electrons. The Labute approximate surface area is 87.4 Å². The summed E-state index contributed by atoms with van der Waals surface area (Å²) in [5.74, 6) is 0.264. The monoisotopic (exact) mass is 203 g/mol. The number of para-hydroxylation sites is 1. The van der Waals surface area contributed by atoms with E-state index in [-0.39, 0.29) is 11.5 Å². The third-order valence-corrected chi connectivity index (χ3v) is 2.38. The second-order valence-electron chi connectivity index (χ2n) is 2.96. The number of hydrogen-bond acceptors (Lipinski definition) is 3. The first-order valence-electron chi connectivity index (χ1n) is 4.31. The molecule has 0 spiro atoms. The molecule has 0 bridgehead atoms. The third kappa shape index (κ3) is 1.51. The first kappa shape index (κ1) is 9.21. The van der Waals surface area contributed by atoms with Crippen LogP contribution in [0.4, 0.5) is 0 Å². The molecule has 0 saturated carbocycles.